The molecular weight excluding hydrogens is 426 g/mol. The van der Waals surface area contributed by atoms with E-state index in [9.17, 15) is 4.79 Å². The molecule has 144 valence electrons. The molecule has 3 aromatic rings. The van der Waals surface area contributed by atoms with Crippen molar-refractivity contribution in [3.63, 3.8) is 0 Å². The maximum atomic E-state index is 13.3. The fourth-order valence-electron chi connectivity index (χ4n) is 3.01. The van der Waals surface area contributed by atoms with E-state index in [1.165, 1.54) is 11.3 Å². The number of likely N-dealkylation sites (N-methyl/N-ethyl adjacent to an activating group) is 1. The molecule has 0 aliphatic rings. The molecule has 1 aromatic carbocycles. The van der Waals surface area contributed by atoms with Crippen LogP contribution in [0.15, 0.2) is 28.9 Å². The summed E-state index contributed by atoms with van der Waals surface area (Å²) in [7, 11) is 1.83. The summed E-state index contributed by atoms with van der Waals surface area (Å²) in [6, 6.07) is 5.98. The van der Waals surface area contributed by atoms with Crippen LogP contribution in [-0.2, 0) is 7.05 Å². The average molecular weight is 450 g/mol. The molecule has 0 bridgehead atoms. The molecule has 0 aliphatic carbocycles. The molecule has 0 radical (unpaired) electrons. The van der Waals surface area contributed by atoms with Gasteiger partial charge in [-0.2, -0.15) is 5.10 Å². The third-order valence-corrected chi connectivity index (χ3v) is 6.10. The highest BCUT2D eigenvalue weighted by Crippen LogP contribution is 2.31. The van der Waals surface area contributed by atoms with Crippen molar-refractivity contribution in [2.24, 2.45) is 7.05 Å². The van der Waals surface area contributed by atoms with Gasteiger partial charge in [0.15, 0.2) is 10.8 Å². The van der Waals surface area contributed by atoms with Crippen molar-refractivity contribution in [2.45, 2.75) is 20.8 Å². The number of halogens is 1. The van der Waals surface area contributed by atoms with Crippen LogP contribution in [0.2, 0.25) is 0 Å². The molecule has 0 fully saturated rings. The second-order valence-corrected chi connectivity index (χ2v) is 8.35. The van der Waals surface area contributed by atoms with E-state index in [1.54, 1.807) is 9.58 Å². The molecule has 2 heterocycles. The number of nitrogens with zero attached hydrogens (tertiary/aromatic N) is 5. The van der Waals surface area contributed by atoms with Crippen molar-refractivity contribution >= 4 is 48.5 Å². The molecule has 6 nitrogen and oxygen atoms in total. The van der Waals surface area contributed by atoms with Crippen LogP contribution >= 0.6 is 27.3 Å². The van der Waals surface area contributed by atoms with Gasteiger partial charge >= 0.3 is 0 Å². The number of anilines is 1. The highest BCUT2D eigenvalue weighted by molar-refractivity contribution is 9.10. The minimum atomic E-state index is -0.0987. The fourth-order valence-corrected chi connectivity index (χ4v) is 4.56. The van der Waals surface area contributed by atoms with Gasteiger partial charge in [0.25, 0.3) is 5.91 Å². The molecule has 27 heavy (non-hydrogen) atoms. The number of aromatic nitrogens is 3. The van der Waals surface area contributed by atoms with Gasteiger partial charge in [0.2, 0.25) is 0 Å². The van der Waals surface area contributed by atoms with Gasteiger partial charge in [0.05, 0.1) is 10.2 Å². The number of hydrogen-bond donors (Lipinski definition) is 0. The predicted molar refractivity (Wildman–Crippen MR) is 115 cm³/mol. The van der Waals surface area contributed by atoms with Crippen molar-refractivity contribution in [3.05, 3.63) is 40.1 Å². The third-order valence-electron chi connectivity index (χ3n) is 4.56. The maximum Gasteiger partial charge on any atom is 0.280 e. The van der Waals surface area contributed by atoms with Gasteiger partial charge in [-0.15, -0.1) is 0 Å². The van der Waals surface area contributed by atoms with E-state index in [2.05, 4.69) is 39.8 Å². The summed E-state index contributed by atoms with van der Waals surface area (Å²) in [5, 5.41) is 5.09. The first-order valence-electron chi connectivity index (χ1n) is 9.03. The second kappa shape index (κ2) is 8.50. The Morgan fingerprint density at radius 1 is 1.26 bits per heavy atom. The largest absolute Gasteiger partial charge is 0.302 e. The van der Waals surface area contributed by atoms with Crippen LogP contribution in [0.4, 0.5) is 5.13 Å². The standard InChI is InChI=1S/C19H24BrN5OS/c1-5-24(6-2)9-10-25(18(26)17-13(3)12-23(4)22-17)19-21-15-8-7-14(20)11-16(15)27-19/h7-8,11-12H,5-6,9-10H2,1-4H3. The fraction of sp³-hybridized carbons (Fsp3) is 0.421. The second-order valence-electron chi connectivity index (χ2n) is 6.43. The molecule has 3 rings (SSSR count). The molecule has 0 saturated heterocycles. The van der Waals surface area contributed by atoms with Crippen LogP contribution in [0.5, 0.6) is 0 Å². The number of aryl methyl sites for hydroxylation is 2. The quantitative estimate of drug-likeness (QED) is 0.544. The van der Waals surface area contributed by atoms with Crippen LogP contribution < -0.4 is 4.90 Å². The maximum absolute atomic E-state index is 13.3. The zero-order chi connectivity index (χ0) is 19.6. The predicted octanol–water partition coefficient (Wildman–Crippen LogP) is 4.09. The van der Waals surface area contributed by atoms with E-state index in [0.717, 1.165) is 39.9 Å². The molecule has 8 heteroatoms. The monoisotopic (exact) mass is 449 g/mol. The lowest BCUT2D eigenvalue weighted by molar-refractivity contribution is 0.0977. The van der Waals surface area contributed by atoms with Gasteiger partial charge in [-0.1, -0.05) is 41.1 Å². The number of fused-ring (bicyclic) bond motifs is 1. The molecule has 2 aromatic heterocycles. The first-order valence-corrected chi connectivity index (χ1v) is 10.6. The average Bonchev–Trinajstić information content (AvgIpc) is 3.20. The normalized spacial score (nSPS) is 11.5. The number of hydrogen-bond acceptors (Lipinski definition) is 5. The molecule has 0 N–H and O–H groups in total. The van der Waals surface area contributed by atoms with Crippen molar-refractivity contribution in [1.29, 1.82) is 0 Å². The van der Waals surface area contributed by atoms with Crippen molar-refractivity contribution in [3.8, 4) is 0 Å². The molecular formula is C19H24BrN5OS. The Hall–Kier alpha value is -1.77. The zero-order valence-electron chi connectivity index (χ0n) is 16.1. The zero-order valence-corrected chi connectivity index (χ0v) is 18.5. The lowest BCUT2D eigenvalue weighted by atomic mass is 10.2. The first-order chi connectivity index (χ1) is 12.9. The van der Waals surface area contributed by atoms with Crippen LogP contribution in [-0.4, -0.2) is 51.8 Å². The van der Waals surface area contributed by atoms with Gasteiger partial charge in [-0.25, -0.2) is 4.98 Å². The van der Waals surface area contributed by atoms with E-state index < -0.39 is 0 Å². The molecule has 0 spiro atoms. The van der Waals surface area contributed by atoms with E-state index in [1.807, 2.05) is 38.4 Å². The Bertz CT molecular complexity index is 947. The van der Waals surface area contributed by atoms with E-state index in [4.69, 9.17) is 4.98 Å². The smallest absolute Gasteiger partial charge is 0.280 e. The van der Waals surface area contributed by atoms with Gasteiger partial charge in [-0.05, 0) is 38.2 Å². The van der Waals surface area contributed by atoms with Crippen molar-refractivity contribution < 1.29 is 4.79 Å². The Morgan fingerprint density at radius 2 is 2.00 bits per heavy atom. The van der Waals surface area contributed by atoms with Gasteiger partial charge in [0, 0.05) is 36.4 Å². The lowest BCUT2D eigenvalue weighted by Crippen LogP contribution is -2.39. The molecule has 0 unspecified atom stereocenters. The van der Waals surface area contributed by atoms with Gasteiger partial charge < -0.3 is 4.90 Å². The molecule has 1 amide bonds. The van der Waals surface area contributed by atoms with E-state index >= 15 is 0 Å². The van der Waals surface area contributed by atoms with Crippen LogP contribution in [0.1, 0.15) is 29.9 Å². The van der Waals surface area contributed by atoms with Gasteiger partial charge in [0.1, 0.15) is 0 Å². The number of amides is 1. The number of thiazole rings is 1. The summed E-state index contributed by atoms with van der Waals surface area (Å²) in [4.78, 5) is 22.1. The number of carbonyl (C=O) groups is 1. The number of carbonyl (C=O) groups excluding carboxylic acids is 1. The summed E-state index contributed by atoms with van der Waals surface area (Å²) >= 11 is 5.04. The summed E-state index contributed by atoms with van der Waals surface area (Å²) in [5.74, 6) is -0.0987. The molecule has 0 saturated carbocycles. The molecule has 0 aliphatic heterocycles. The van der Waals surface area contributed by atoms with Crippen LogP contribution in [0.25, 0.3) is 10.2 Å². The SMILES string of the molecule is CCN(CC)CCN(C(=O)c1nn(C)cc1C)c1nc2ccc(Br)cc2s1. The van der Waals surface area contributed by atoms with Gasteiger partial charge in [-0.3, -0.25) is 14.4 Å². The Kier molecular flexibility index (Phi) is 6.29. The number of benzene rings is 1. The third kappa shape index (κ3) is 4.39. The minimum absolute atomic E-state index is 0.0987. The Balaban J connectivity index is 1.97. The van der Waals surface area contributed by atoms with E-state index in [0.29, 0.717) is 17.4 Å². The molecule has 0 atom stereocenters. The number of rotatable bonds is 7. The summed E-state index contributed by atoms with van der Waals surface area (Å²) in [5.41, 5.74) is 2.26. The van der Waals surface area contributed by atoms with Crippen LogP contribution in [0, 0.1) is 6.92 Å². The van der Waals surface area contributed by atoms with Crippen molar-refractivity contribution in [2.75, 3.05) is 31.1 Å². The van der Waals surface area contributed by atoms with Crippen LogP contribution in [0.3, 0.4) is 0 Å². The summed E-state index contributed by atoms with van der Waals surface area (Å²) in [6.45, 7) is 9.46. The Labute approximate surface area is 171 Å². The topological polar surface area (TPSA) is 54.3 Å². The minimum Gasteiger partial charge on any atom is -0.302 e. The lowest BCUT2D eigenvalue weighted by Gasteiger charge is -2.24. The summed E-state index contributed by atoms with van der Waals surface area (Å²) in [6.07, 6.45) is 1.87. The van der Waals surface area contributed by atoms with E-state index in [-0.39, 0.29) is 5.91 Å². The summed E-state index contributed by atoms with van der Waals surface area (Å²) < 4.78 is 3.74. The highest BCUT2D eigenvalue weighted by Gasteiger charge is 2.25. The van der Waals surface area contributed by atoms with Crippen molar-refractivity contribution in [1.82, 2.24) is 19.7 Å². The Morgan fingerprint density at radius 3 is 2.63 bits per heavy atom. The highest BCUT2D eigenvalue weighted by atomic mass is 79.9. The first kappa shape index (κ1) is 20.0.